The Morgan fingerprint density at radius 2 is 2.20 bits per heavy atom. The van der Waals surface area contributed by atoms with Crippen molar-refractivity contribution in [1.82, 2.24) is 4.90 Å². The Labute approximate surface area is 91.8 Å². The molecule has 0 saturated carbocycles. The standard InChI is InChI=1S/C11H22N2O2/c1-9-7-13(6-4-3-5-12)8-10(9)11(14)15-2/h9-10H,3-8,12H2,1-2H3. The molecule has 1 saturated heterocycles. The maximum Gasteiger partial charge on any atom is 0.310 e. The third-order valence-corrected chi connectivity index (χ3v) is 3.12. The van der Waals surface area contributed by atoms with Gasteiger partial charge >= 0.3 is 5.97 Å². The van der Waals surface area contributed by atoms with E-state index in [2.05, 4.69) is 11.8 Å². The monoisotopic (exact) mass is 214 g/mol. The molecule has 2 unspecified atom stereocenters. The molecule has 88 valence electrons. The molecule has 0 aromatic heterocycles. The molecule has 4 nitrogen and oxygen atoms in total. The largest absolute Gasteiger partial charge is 0.469 e. The first-order valence-corrected chi connectivity index (χ1v) is 5.69. The smallest absolute Gasteiger partial charge is 0.310 e. The Morgan fingerprint density at radius 1 is 1.47 bits per heavy atom. The fourth-order valence-electron chi connectivity index (χ4n) is 2.19. The van der Waals surface area contributed by atoms with Crippen LogP contribution in [-0.2, 0) is 9.53 Å². The lowest BCUT2D eigenvalue weighted by Gasteiger charge is -2.14. The minimum atomic E-state index is -0.0659. The summed E-state index contributed by atoms with van der Waals surface area (Å²) in [5.74, 6) is 0.409. The molecule has 0 aromatic rings. The van der Waals surface area contributed by atoms with E-state index >= 15 is 0 Å². The first-order valence-electron chi connectivity index (χ1n) is 5.69. The molecular weight excluding hydrogens is 192 g/mol. The predicted molar refractivity (Wildman–Crippen MR) is 59.4 cm³/mol. The molecule has 1 aliphatic heterocycles. The first kappa shape index (κ1) is 12.5. The number of methoxy groups -OCH3 is 1. The average Bonchev–Trinajstić information content (AvgIpc) is 2.59. The summed E-state index contributed by atoms with van der Waals surface area (Å²) in [6, 6.07) is 0. The van der Waals surface area contributed by atoms with Gasteiger partial charge in [0, 0.05) is 13.1 Å². The summed E-state index contributed by atoms with van der Waals surface area (Å²) < 4.78 is 4.79. The highest BCUT2D eigenvalue weighted by Gasteiger charge is 2.34. The predicted octanol–water partition coefficient (Wildman–Crippen LogP) is 0.466. The van der Waals surface area contributed by atoms with Gasteiger partial charge in [-0.15, -0.1) is 0 Å². The Kier molecular flexibility index (Phi) is 5.05. The molecule has 1 aliphatic rings. The van der Waals surface area contributed by atoms with Crippen LogP contribution in [0.2, 0.25) is 0 Å². The topological polar surface area (TPSA) is 55.6 Å². The van der Waals surface area contributed by atoms with Crippen LogP contribution in [0.1, 0.15) is 19.8 Å². The van der Waals surface area contributed by atoms with Crippen molar-refractivity contribution in [2.75, 3.05) is 33.3 Å². The molecule has 2 atom stereocenters. The number of rotatable bonds is 5. The van der Waals surface area contributed by atoms with E-state index in [1.807, 2.05) is 0 Å². The number of hydrogen-bond donors (Lipinski definition) is 1. The summed E-state index contributed by atoms with van der Waals surface area (Å²) in [5, 5.41) is 0. The summed E-state index contributed by atoms with van der Waals surface area (Å²) in [4.78, 5) is 13.8. The zero-order chi connectivity index (χ0) is 11.3. The van der Waals surface area contributed by atoms with Crippen molar-refractivity contribution in [2.45, 2.75) is 19.8 Å². The second-order valence-electron chi connectivity index (χ2n) is 4.36. The number of nitrogens with zero attached hydrogens (tertiary/aromatic N) is 1. The van der Waals surface area contributed by atoms with E-state index in [0.29, 0.717) is 5.92 Å². The molecule has 0 bridgehead atoms. The van der Waals surface area contributed by atoms with Crippen LogP contribution in [0.3, 0.4) is 0 Å². The fourth-order valence-corrected chi connectivity index (χ4v) is 2.19. The number of carbonyl (C=O) groups excluding carboxylic acids is 1. The van der Waals surface area contributed by atoms with Crippen molar-refractivity contribution in [3.63, 3.8) is 0 Å². The highest BCUT2D eigenvalue weighted by Crippen LogP contribution is 2.24. The van der Waals surface area contributed by atoms with Crippen LogP contribution in [0, 0.1) is 11.8 Å². The average molecular weight is 214 g/mol. The van der Waals surface area contributed by atoms with E-state index in [4.69, 9.17) is 10.5 Å². The highest BCUT2D eigenvalue weighted by atomic mass is 16.5. The third kappa shape index (κ3) is 3.47. The number of unbranched alkanes of at least 4 members (excludes halogenated alkanes) is 1. The molecule has 1 fully saturated rings. The van der Waals surface area contributed by atoms with Gasteiger partial charge in [0.15, 0.2) is 0 Å². The summed E-state index contributed by atoms with van der Waals surface area (Å²) >= 11 is 0. The molecule has 1 rings (SSSR count). The maximum atomic E-state index is 11.4. The summed E-state index contributed by atoms with van der Waals surface area (Å²) in [7, 11) is 1.46. The Morgan fingerprint density at radius 3 is 2.80 bits per heavy atom. The molecule has 0 spiro atoms. The van der Waals surface area contributed by atoms with Crippen molar-refractivity contribution in [3.05, 3.63) is 0 Å². The molecule has 0 amide bonds. The molecular formula is C11H22N2O2. The Balaban J connectivity index is 2.31. The van der Waals surface area contributed by atoms with Gasteiger partial charge < -0.3 is 15.4 Å². The summed E-state index contributed by atoms with van der Waals surface area (Å²) in [5.41, 5.74) is 5.44. The number of ether oxygens (including phenoxy) is 1. The lowest BCUT2D eigenvalue weighted by atomic mass is 9.99. The van der Waals surface area contributed by atoms with E-state index in [0.717, 1.165) is 39.0 Å². The first-order chi connectivity index (χ1) is 7.19. The van der Waals surface area contributed by atoms with Crippen LogP contribution in [0.15, 0.2) is 0 Å². The van der Waals surface area contributed by atoms with Crippen molar-refractivity contribution in [2.24, 2.45) is 17.6 Å². The van der Waals surface area contributed by atoms with Crippen molar-refractivity contribution < 1.29 is 9.53 Å². The SMILES string of the molecule is COC(=O)C1CN(CCCCN)CC1C. The van der Waals surface area contributed by atoms with Crippen LogP contribution in [0.4, 0.5) is 0 Å². The van der Waals surface area contributed by atoms with Crippen LogP contribution in [-0.4, -0.2) is 44.2 Å². The molecule has 2 N–H and O–H groups in total. The second-order valence-corrected chi connectivity index (χ2v) is 4.36. The number of nitrogens with two attached hydrogens (primary N) is 1. The van der Waals surface area contributed by atoms with Gasteiger partial charge in [0.1, 0.15) is 0 Å². The number of carbonyl (C=O) groups is 1. The van der Waals surface area contributed by atoms with E-state index in [-0.39, 0.29) is 11.9 Å². The van der Waals surface area contributed by atoms with Crippen LogP contribution in [0.5, 0.6) is 0 Å². The Bertz CT molecular complexity index is 209. The molecule has 0 aromatic carbocycles. The van der Waals surface area contributed by atoms with Gasteiger partial charge in [-0.1, -0.05) is 6.92 Å². The van der Waals surface area contributed by atoms with Crippen molar-refractivity contribution >= 4 is 5.97 Å². The van der Waals surface area contributed by atoms with Gasteiger partial charge in [-0.3, -0.25) is 4.79 Å². The normalized spacial score (nSPS) is 26.9. The van der Waals surface area contributed by atoms with E-state index in [9.17, 15) is 4.79 Å². The fraction of sp³-hybridized carbons (Fsp3) is 0.909. The van der Waals surface area contributed by atoms with Crippen LogP contribution >= 0.6 is 0 Å². The van der Waals surface area contributed by atoms with Gasteiger partial charge in [0.25, 0.3) is 0 Å². The minimum Gasteiger partial charge on any atom is -0.469 e. The molecule has 15 heavy (non-hydrogen) atoms. The van der Waals surface area contributed by atoms with Gasteiger partial charge in [-0.05, 0) is 31.8 Å². The summed E-state index contributed by atoms with van der Waals surface area (Å²) in [6.07, 6.45) is 2.19. The zero-order valence-electron chi connectivity index (χ0n) is 9.74. The van der Waals surface area contributed by atoms with Crippen LogP contribution < -0.4 is 5.73 Å². The van der Waals surface area contributed by atoms with Gasteiger partial charge in [-0.25, -0.2) is 0 Å². The molecule has 0 radical (unpaired) electrons. The highest BCUT2D eigenvalue weighted by molar-refractivity contribution is 5.73. The van der Waals surface area contributed by atoms with E-state index in [1.165, 1.54) is 7.11 Å². The molecule has 0 aliphatic carbocycles. The second kappa shape index (κ2) is 6.08. The van der Waals surface area contributed by atoms with E-state index < -0.39 is 0 Å². The minimum absolute atomic E-state index is 0.0628. The van der Waals surface area contributed by atoms with E-state index in [1.54, 1.807) is 0 Å². The lowest BCUT2D eigenvalue weighted by Crippen LogP contribution is -2.25. The maximum absolute atomic E-state index is 11.4. The van der Waals surface area contributed by atoms with Crippen molar-refractivity contribution in [3.8, 4) is 0 Å². The lowest BCUT2D eigenvalue weighted by molar-refractivity contribution is -0.146. The van der Waals surface area contributed by atoms with Crippen LogP contribution in [0.25, 0.3) is 0 Å². The third-order valence-electron chi connectivity index (χ3n) is 3.12. The van der Waals surface area contributed by atoms with Gasteiger partial charge in [-0.2, -0.15) is 0 Å². The summed E-state index contributed by atoms with van der Waals surface area (Å²) in [6.45, 7) is 5.77. The zero-order valence-corrected chi connectivity index (χ0v) is 9.74. The number of esters is 1. The van der Waals surface area contributed by atoms with Gasteiger partial charge in [0.05, 0.1) is 13.0 Å². The van der Waals surface area contributed by atoms with Crippen molar-refractivity contribution in [1.29, 1.82) is 0 Å². The Hall–Kier alpha value is -0.610. The quantitative estimate of drug-likeness (QED) is 0.534. The number of hydrogen-bond acceptors (Lipinski definition) is 4. The van der Waals surface area contributed by atoms with Gasteiger partial charge in [0.2, 0.25) is 0 Å². The molecule has 1 heterocycles. The number of likely N-dealkylation sites (tertiary alicyclic amines) is 1. The molecule has 4 heteroatoms.